The monoisotopic (exact) mass is 293 g/mol. The average Bonchev–Trinajstić information content (AvgIpc) is 2.89. The van der Waals surface area contributed by atoms with E-state index in [4.69, 9.17) is 0 Å². The second-order valence-electron chi connectivity index (χ2n) is 5.80. The SMILES string of the molecule is CC1CN(C2=NS(=O)(=O)c3ccccc32)CC1N(C)C. The Morgan fingerprint density at radius 2 is 1.95 bits per heavy atom. The van der Waals surface area contributed by atoms with Gasteiger partial charge in [0.15, 0.2) is 5.84 Å². The van der Waals surface area contributed by atoms with Crippen molar-refractivity contribution in [3.05, 3.63) is 29.8 Å². The van der Waals surface area contributed by atoms with Gasteiger partial charge in [0.2, 0.25) is 0 Å². The molecule has 2 heterocycles. The predicted molar refractivity (Wildman–Crippen MR) is 78.4 cm³/mol. The third-order valence-electron chi connectivity index (χ3n) is 4.15. The summed E-state index contributed by atoms with van der Waals surface area (Å²) in [6, 6.07) is 7.49. The number of hydrogen-bond acceptors (Lipinski definition) is 4. The normalized spacial score (nSPS) is 27.8. The molecular weight excluding hydrogens is 274 g/mol. The Balaban J connectivity index is 1.98. The van der Waals surface area contributed by atoms with Gasteiger partial charge in [0.25, 0.3) is 10.0 Å². The molecule has 0 amide bonds. The van der Waals surface area contributed by atoms with Gasteiger partial charge < -0.3 is 9.80 Å². The number of amidine groups is 1. The number of hydrogen-bond donors (Lipinski definition) is 0. The van der Waals surface area contributed by atoms with E-state index in [1.165, 1.54) is 0 Å². The highest BCUT2D eigenvalue weighted by molar-refractivity contribution is 7.90. The fourth-order valence-corrected chi connectivity index (χ4v) is 4.34. The molecule has 1 saturated heterocycles. The summed E-state index contributed by atoms with van der Waals surface area (Å²) in [5.41, 5.74) is 0.735. The van der Waals surface area contributed by atoms with Gasteiger partial charge in [-0.3, -0.25) is 0 Å². The Hall–Kier alpha value is -1.40. The average molecular weight is 293 g/mol. The standard InChI is InChI=1S/C14H19N3O2S/c1-10-8-17(9-12(10)16(2)3)14-11-6-4-5-7-13(11)20(18,19)15-14/h4-7,10,12H,8-9H2,1-3H3. The van der Waals surface area contributed by atoms with Crippen LogP contribution in [0.3, 0.4) is 0 Å². The molecule has 2 unspecified atom stereocenters. The smallest absolute Gasteiger partial charge is 0.285 e. The number of likely N-dealkylation sites (tertiary alicyclic amines) is 1. The lowest BCUT2D eigenvalue weighted by Gasteiger charge is -2.22. The Kier molecular flexibility index (Phi) is 3.10. The largest absolute Gasteiger partial charge is 0.354 e. The van der Waals surface area contributed by atoms with Crippen LogP contribution in [0.2, 0.25) is 0 Å². The summed E-state index contributed by atoms with van der Waals surface area (Å²) in [6.45, 7) is 3.85. The molecule has 0 aliphatic carbocycles. The number of nitrogens with zero attached hydrogens (tertiary/aromatic N) is 3. The molecule has 108 valence electrons. The summed E-state index contributed by atoms with van der Waals surface area (Å²) in [4.78, 5) is 4.62. The van der Waals surface area contributed by atoms with Gasteiger partial charge >= 0.3 is 0 Å². The maximum Gasteiger partial charge on any atom is 0.285 e. The number of rotatable bonds is 1. The van der Waals surface area contributed by atoms with Crippen LogP contribution in [-0.2, 0) is 10.0 Å². The predicted octanol–water partition coefficient (Wildman–Crippen LogP) is 1.02. The van der Waals surface area contributed by atoms with Crippen LogP contribution in [0, 0.1) is 5.92 Å². The number of likely N-dealkylation sites (N-methyl/N-ethyl adjacent to an activating group) is 1. The van der Waals surface area contributed by atoms with Crippen molar-refractivity contribution in [2.45, 2.75) is 17.9 Å². The van der Waals surface area contributed by atoms with E-state index in [2.05, 4.69) is 35.2 Å². The van der Waals surface area contributed by atoms with Gasteiger partial charge in [-0.25, -0.2) is 0 Å². The van der Waals surface area contributed by atoms with Crippen LogP contribution in [0.4, 0.5) is 0 Å². The highest BCUT2D eigenvalue weighted by Crippen LogP contribution is 2.30. The van der Waals surface area contributed by atoms with Crippen LogP contribution in [0.25, 0.3) is 0 Å². The van der Waals surface area contributed by atoms with Gasteiger partial charge in [-0.2, -0.15) is 8.42 Å². The summed E-state index contributed by atoms with van der Waals surface area (Å²) in [5.74, 6) is 1.10. The van der Waals surface area contributed by atoms with Crippen molar-refractivity contribution in [3.63, 3.8) is 0 Å². The maximum atomic E-state index is 12.1. The molecule has 2 aliphatic heterocycles. The molecule has 3 rings (SSSR count). The molecule has 2 aliphatic rings. The van der Waals surface area contributed by atoms with Crippen molar-refractivity contribution in [1.29, 1.82) is 0 Å². The number of benzene rings is 1. The minimum atomic E-state index is -3.51. The van der Waals surface area contributed by atoms with Crippen molar-refractivity contribution in [3.8, 4) is 0 Å². The van der Waals surface area contributed by atoms with E-state index in [-0.39, 0.29) is 0 Å². The van der Waals surface area contributed by atoms with Gasteiger partial charge in [0, 0.05) is 24.7 Å². The summed E-state index contributed by atoms with van der Waals surface area (Å²) < 4.78 is 28.2. The first-order chi connectivity index (χ1) is 9.40. The maximum absolute atomic E-state index is 12.1. The minimum Gasteiger partial charge on any atom is -0.354 e. The molecule has 1 fully saturated rings. The van der Waals surface area contributed by atoms with E-state index in [1.54, 1.807) is 12.1 Å². The number of fused-ring (bicyclic) bond motifs is 1. The molecule has 2 atom stereocenters. The lowest BCUT2D eigenvalue weighted by molar-refractivity contribution is 0.262. The second-order valence-corrected chi connectivity index (χ2v) is 7.37. The van der Waals surface area contributed by atoms with Gasteiger partial charge in [-0.1, -0.05) is 19.1 Å². The first-order valence-electron chi connectivity index (χ1n) is 6.76. The number of sulfonamides is 1. The first-order valence-corrected chi connectivity index (χ1v) is 8.20. The minimum absolute atomic E-state index is 0.330. The summed E-state index contributed by atoms with van der Waals surface area (Å²) in [7, 11) is 0.608. The third kappa shape index (κ3) is 2.03. The van der Waals surface area contributed by atoms with Crippen molar-refractivity contribution >= 4 is 15.9 Å². The van der Waals surface area contributed by atoms with E-state index in [0.29, 0.717) is 22.7 Å². The molecule has 0 saturated carbocycles. The van der Waals surface area contributed by atoms with Crippen LogP contribution in [-0.4, -0.2) is 57.3 Å². The molecular formula is C14H19N3O2S. The Labute approximate surface area is 120 Å². The first kappa shape index (κ1) is 13.6. The van der Waals surface area contributed by atoms with Crippen molar-refractivity contribution in [1.82, 2.24) is 9.80 Å². The van der Waals surface area contributed by atoms with Gasteiger partial charge in [-0.05, 0) is 32.1 Å². The zero-order chi connectivity index (χ0) is 14.5. The van der Waals surface area contributed by atoms with Gasteiger partial charge in [0.05, 0.1) is 0 Å². The fourth-order valence-electron chi connectivity index (χ4n) is 3.11. The molecule has 0 aromatic heterocycles. The molecule has 20 heavy (non-hydrogen) atoms. The lowest BCUT2D eigenvalue weighted by Crippen LogP contribution is -2.35. The summed E-state index contributed by atoms with van der Waals surface area (Å²) >= 11 is 0. The molecule has 1 aromatic rings. The molecule has 0 bridgehead atoms. The third-order valence-corrected chi connectivity index (χ3v) is 5.47. The molecule has 0 radical (unpaired) electrons. The second kappa shape index (κ2) is 4.56. The molecule has 5 nitrogen and oxygen atoms in total. The quantitative estimate of drug-likeness (QED) is 0.776. The van der Waals surface area contributed by atoms with Crippen molar-refractivity contribution < 1.29 is 8.42 Å². The van der Waals surface area contributed by atoms with Crippen molar-refractivity contribution in [2.24, 2.45) is 10.3 Å². The van der Waals surface area contributed by atoms with E-state index in [0.717, 1.165) is 18.7 Å². The van der Waals surface area contributed by atoms with Gasteiger partial charge in [0.1, 0.15) is 4.90 Å². The fraction of sp³-hybridized carbons (Fsp3) is 0.500. The molecule has 1 aromatic carbocycles. The highest BCUT2D eigenvalue weighted by Gasteiger charge is 2.38. The zero-order valence-corrected chi connectivity index (χ0v) is 12.8. The van der Waals surface area contributed by atoms with Gasteiger partial charge in [-0.15, -0.1) is 4.40 Å². The van der Waals surface area contributed by atoms with E-state index in [9.17, 15) is 8.42 Å². The molecule has 0 spiro atoms. The van der Waals surface area contributed by atoms with Crippen LogP contribution in [0.5, 0.6) is 0 Å². The zero-order valence-electron chi connectivity index (χ0n) is 11.9. The Bertz CT molecular complexity index is 667. The van der Waals surface area contributed by atoms with Crippen LogP contribution < -0.4 is 0 Å². The van der Waals surface area contributed by atoms with Crippen LogP contribution in [0.1, 0.15) is 12.5 Å². The lowest BCUT2D eigenvalue weighted by atomic mass is 10.1. The van der Waals surface area contributed by atoms with Crippen molar-refractivity contribution in [2.75, 3.05) is 27.2 Å². The van der Waals surface area contributed by atoms with E-state index in [1.807, 2.05) is 12.1 Å². The molecule has 6 heteroatoms. The van der Waals surface area contributed by atoms with Crippen LogP contribution in [0.15, 0.2) is 33.6 Å². The Morgan fingerprint density at radius 3 is 2.60 bits per heavy atom. The van der Waals surface area contributed by atoms with E-state index < -0.39 is 10.0 Å². The Morgan fingerprint density at radius 1 is 1.25 bits per heavy atom. The summed E-state index contributed by atoms with van der Waals surface area (Å²) in [6.07, 6.45) is 0. The van der Waals surface area contributed by atoms with Crippen LogP contribution >= 0.6 is 0 Å². The topological polar surface area (TPSA) is 53.0 Å². The highest BCUT2D eigenvalue weighted by atomic mass is 32.2. The van der Waals surface area contributed by atoms with E-state index >= 15 is 0 Å². The summed E-state index contributed by atoms with van der Waals surface area (Å²) in [5, 5.41) is 0. The molecule has 0 N–H and O–H groups in total.